The van der Waals surface area contributed by atoms with Crippen molar-refractivity contribution in [3.8, 4) is 16.9 Å². The van der Waals surface area contributed by atoms with Gasteiger partial charge >= 0.3 is 0 Å². The lowest BCUT2D eigenvalue weighted by atomic mass is 9.78. The quantitative estimate of drug-likeness (QED) is 0.143. The average molecular weight is 726 g/mol. The first-order valence-electron chi connectivity index (χ1n) is 16.2. The van der Waals surface area contributed by atoms with Crippen LogP contribution in [0, 0.1) is 17.6 Å². The number of anilines is 1. The molecule has 0 aromatic heterocycles. The van der Waals surface area contributed by atoms with Crippen molar-refractivity contribution >= 4 is 21.4 Å². The molecule has 6 rings (SSSR count). The van der Waals surface area contributed by atoms with Gasteiger partial charge in [0.1, 0.15) is 41.8 Å². The molecule has 0 bridgehead atoms. The molecule has 14 heteroatoms. The predicted octanol–water partition coefficient (Wildman–Crippen LogP) is 3.78. The lowest BCUT2D eigenvalue weighted by molar-refractivity contribution is -0.285. The van der Waals surface area contributed by atoms with Crippen LogP contribution in [-0.2, 0) is 24.1 Å². The van der Waals surface area contributed by atoms with Crippen LogP contribution in [0.2, 0.25) is 0 Å². The number of halogens is 2. The van der Waals surface area contributed by atoms with E-state index in [2.05, 4.69) is 0 Å². The Kier molecular flexibility index (Phi) is 10.6. The van der Waals surface area contributed by atoms with Gasteiger partial charge in [0.2, 0.25) is 5.91 Å². The highest BCUT2D eigenvalue weighted by Crippen LogP contribution is 2.49. The molecule has 4 aromatic carbocycles. The number of carbonyl (C=O) groups excluding carboxylic acids is 1. The predicted molar refractivity (Wildman–Crippen MR) is 180 cm³/mol. The lowest BCUT2D eigenvalue weighted by Crippen LogP contribution is -2.59. The number of aliphatic hydroxyl groups excluding tert-OH is 4. The number of carbonyl (C=O) groups is 1. The lowest BCUT2D eigenvalue weighted by Gasteiger charge is -2.48. The molecule has 51 heavy (non-hydrogen) atoms. The Morgan fingerprint density at radius 3 is 2.08 bits per heavy atom. The van der Waals surface area contributed by atoms with E-state index in [-0.39, 0.29) is 29.1 Å². The molecule has 2 aliphatic rings. The van der Waals surface area contributed by atoms with Crippen molar-refractivity contribution in [2.45, 2.75) is 60.6 Å². The number of phenols is 1. The van der Waals surface area contributed by atoms with Crippen molar-refractivity contribution < 1.29 is 57.0 Å². The fraction of sp³-hybridized carbons (Fsp3) is 0.324. The second-order valence-electron chi connectivity index (χ2n) is 12.7. The average Bonchev–Trinajstić information content (AvgIpc) is 3.12. The standard InChI is InChI=1S/C37H37F2NO10S/c1-49-37-35(45)34(44)33(43)30(50-37)19-51(47,48)31-18-22(20-4-13-26(41)14-5-20)6-15-27(31)32-28(16-17-29(42)21-2-7-23(38)8-3-21)36(46)40(32)25-11-9-24(39)10-12-25/h2-15,18,28-30,32-35,37,41-45H,16-17,19H2,1H3/t28-,29+,30?,32-,33+,34-,35+,37-/m1/s1. The SMILES string of the molecule is CO[C@@H]1OC(CS(=O)(=O)c2cc(-c3ccc(O)cc3)ccc2[C@@H]2[C@@H](CC[C@H](O)c3ccc(F)cc3)C(=O)N2c2ccc(F)cc2)[C@H](O)[C@@H](O)[C@@H]1O. The zero-order chi connectivity index (χ0) is 36.6. The molecule has 2 heterocycles. The highest BCUT2D eigenvalue weighted by molar-refractivity contribution is 7.91. The minimum Gasteiger partial charge on any atom is -0.508 e. The van der Waals surface area contributed by atoms with E-state index >= 15 is 0 Å². The molecule has 1 unspecified atom stereocenters. The molecule has 270 valence electrons. The van der Waals surface area contributed by atoms with E-state index < -0.39 is 81.9 Å². The second kappa shape index (κ2) is 14.8. The van der Waals surface area contributed by atoms with E-state index in [4.69, 9.17) is 9.47 Å². The van der Waals surface area contributed by atoms with Crippen molar-refractivity contribution in [3.63, 3.8) is 0 Å². The molecular formula is C37H37F2NO10S. The first kappa shape index (κ1) is 36.5. The van der Waals surface area contributed by atoms with Gasteiger partial charge in [0.05, 0.1) is 28.7 Å². The first-order valence-corrected chi connectivity index (χ1v) is 17.8. The van der Waals surface area contributed by atoms with Gasteiger partial charge in [-0.1, -0.05) is 36.4 Å². The van der Waals surface area contributed by atoms with Crippen molar-refractivity contribution in [2.75, 3.05) is 17.8 Å². The maximum absolute atomic E-state index is 14.4. The number of aliphatic hydroxyl groups is 4. The van der Waals surface area contributed by atoms with Crippen molar-refractivity contribution in [1.29, 1.82) is 0 Å². The summed E-state index contributed by atoms with van der Waals surface area (Å²) in [6.45, 7) is 0. The van der Waals surface area contributed by atoms with Crippen LogP contribution in [0.4, 0.5) is 14.5 Å². The number of β-lactam (4-membered cyclic amide) rings is 1. The van der Waals surface area contributed by atoms with Gasteiger partial charge in [0, 0.05) is 12.8 Å². The number of phenolic OH excluding ortho intramolecular Hbond substituents is 1. The number of methoxy groups -OCH3 is 1. The molecule has 4 aromatic rings. The van der Waals surface area contributed by atoms with Crippen LogP contribution in [0.1, 0.15) is 36.1 Å². The van der Waals surface area contributed by atoms with Gasteiger partial charge in [-0.25, -0.2) is 17.2 Å². The van der Waals surface area contributed by atoms with Gasteiger partial charge in [-0.15, -0.1) is 0 Å². The smallest absolute Gasteiger partial charge is 0.233 e. The van der Waals surface area contributed by atoms with Gasteiger partial charge in [-0.3, -0.25) is 4.79 Å². The topological polar surface area (TPSA) is 174 Å². The largest absolute Gasteiger partial charge is 0.508 e. The van der Waals surface area contributed by atoms with Gasteiger partial charge in [0.15, 0.2) is 16.1 Å². The molecule has 0 aliphatic carbocycles. The van der Waals surface area contributed by atoms with Crippen LogP contribution in [0.5, 0.6) is 5.75 Å². The number of ether oxygens (including phenoxy) is 2. The molecule has 0 saturated carbocycles. The normalized spacial score (nSPS) is 25.7. The molecule has 5 N–H and O–H groups in total. The molecular weight excluding hydrogens is 688 g/mol. The number of nitrogens with zero attached hydrogens (tertiary/aromatic N) is 1. The number of rotatable bonds is 11. The molecule has 2 aliphatic heterocycles. The number of benzene rings is 4. The second-order valence-corrected chi connectivity index (χ2v) is 14.7. The van der Waals surface area contributed by atoms with Crippen LogP contribution in [0.25, 0.3) is 11.1 Å². The third-order valence-corrected chi connectivity index (χ3v) is 11.3. The van der Waals surface area contributed by atoms with E-state index in [0.717, 1.165) is 0 Å². The van der Waals surface area contributed by atoms with Gasteiger partial charge in [-0.05, 0) is 89.7 Å². The summed E-state index contributed by atoms with van der Waals surface area (Å²) in [6.07, 6.45) is -9.06. The Hall–Kier alpha value is -4.28. The third-order valence-electron chi connectivity index (χ3n) is 9.48. The van der Waals surface area contributed by atoms with Crippen molar-refractivity contribution in [3.05, 3.63) is 114 Å². The molecule has 2 fully saturated rings. The molecule has 11 nitrogen and oxygen atoms in total. The van der Waals surface area contributed by atoms with E-state index in [1.165, 1.54) is 78.7 Å². The maximum Gasteiger partial charge on any atom is 0.233 e. The van der Waals surface area contributed by atoms with Gasteiger partial charge < -0.3 is 39.9 Å². The Balaban J connectivity index is 1.42. The maximum atomic E-state index is 14.4. The van der Waals surface area contributed by atoms with Crippen LogP contribution < -0.4 is 4.90 Å². The number of hydrogen-bond donors (Lipinski definition) is 5. The molecule has 2 saturated heterocycles. The van der Waals surface area contributed by atoms with Crippen LogP contribution in [0.3, 0.4) is 0 Å². The molecule has 1 amide bonds. The minimum atomic E-state index is -4.45. The summed E-state index contributed by atoms with van der Waals surface area (Å²) in [5.41, 5.74) is 1.93. The highest BCUT2D eigenvalue weighted by Gasteiger charge is 2.51. The number of amides is 1. The Labute approximate surface area is 292 Å². The van der Waals surface area contributed by atoms with Crippen LogP contribution >= 0.6 is 0 Å². The summed E-state index contributed by atoms with van der Waals surface area (Å²) >= 11 is 0. The summed E-state index contributed by atoms with van der Waals surface area (Å²) in [7, 11) is -3.26. The third kappa shape index (κ3) is 7.39. The van der Waals surface area contributed by atoms with Crippen LogP contribution in [-0.4, -0.2) is 83.4 Å². The van der Waals surface area contributed by atoms with E-state index in [1.807, 2.05) is 0 Å². The Morgan fingerprint density at radius 1 is 0.843 bits per heavy atom. The van der Waals surface area contributed by atoms with Crippen LogP contribution in [0.15, 0.2) is 95.9 Å². The van der Waals surface area contributed by atoms with Gasteiger partial charge in [0.25, 0.3) is 0 Å². The summed E-state index contributed by atoms with van der Waals surface area (Å²) in [6, 6.07) is 20.2. The van der Waals surface area contributed by atoms with Crippen molar-refractivity contribution in [2.24, 2.45) is 5.92 Å². The summed E-state index contributed by atoms with van der Waals surface area (Å²) in [5.74, 6) is -3.12. The van der Waals surface area contributed by atoms with E-state index in [0.29, 0.717) is 22.4 Å². The molecule has 0 spiro atoms. The van der Waals surface area contributed by atoms with E-state index in [1.54, 1.807) is 24.3 Å². The first-order chi connectivity index (χ1) is 24.3. The zero-order valence-electron chi connectivity index (χ0n) is 27.3. The van der Waals surface area contributed by atoms with Crippen molar-refractivity contribution in [1.82, 2.24) is 0 Å². The highest BCUT2D eigenvalue weighted by atomic mass is 32.2. The molecule has 0 radical (unpaired) electrons. The summed E-state index contributed by atoms with van der Waals surface area (Å²) in [5, 5.41) is 52.2. The summed E-state index contributed by atoms with van der Waals surface area (Å²) < 4.78 is 67.0. The Bertz CT molecular complexity index is 1960. The fourth-order valence-corrected chi connectivity index (χ4v) is 8.44. The number of sulfone groups is 1. The summed E-state index contributed by atoms with van der Waals surface area (Å²) in [4.78, 5) is 14.9. The monoisotopic (exact) mass is 725 g/mol. The minimum absolute atomic E-state index is 0.00585. The number of hydrogen-bond acceptors (Lipinski definition) is 10. The fourth-order valence-electron chi connectivity index (χ4n) is 6.70. The van der Waals surface area contributed by atoms with E-state index in [9.17, 15) is 47.5 Å². The Morgan fingerprint density at radius 2 is 1.45 bits per heavy atom. The van der Waals surface area contributed by atoms with Gasteiger partial charge in [-0.2, -0.15) is 0 Å². The zero-order valence-corrected chi connectivity index (χ0v) is 28.1. The molecule has 8 atom stereocenters. The number of aromatic hydroxyl groups is 1.